The van der Waals surface area contributed by atoms with Crippen LogP contribution < -0.4 is 17.0 Å². The summed E-state index contributed by atoms with van der Waals surface area (Å²) >= 11 is 0. The smallest absolute Gasteiger partial charge is 0.171 e. The van der Waals surface area contributed by atoms with Crippen LogP contribution in [-0.4, -0.2) is 0 Å². The Morgan fingerprint density at radius 2 is 1.50 bits per heavy atom. The Morgan fingerprint density at radius 3 is 2.20 bits per heavy atom. The fourth-order valence-corrected chi connectivity index (χ4v) is 2.50. The van der Waals surface area contributed by atoms with Crippen LogP contribution >= 0.6 is 0 Å². The molecule has 0 unspecified atom stereocenters. The van der Waals surface area contributed by atoms with Gasteiger partial charge in [-0.2, -0.15) is 0 Å². The van der Waals surface area contributed by atoms with Crippen LogP contribution in [0.1, 0.15) is 77.2 Å². The molecule has 0 amide bonds. The van der Waals surface area contributed by atoms with Crippen molar-refractivity contribution in [2.45, 2.75) is 84.6 Å². The predicted molar refractivity (Wildman–Crippen MR) is 83.2 cm³/mol. The second-order valence-electron chi connectivity index (χ2n) is 5.67. The number of aromatic nitrogens is 1. The number of unbranched alkanes of at least 4 members (excludes halogenated alkanes) is 7. The third-order valence-electron chi connectivity index (χ3n) is 3.76. The zero-order chi connectivity index (χ0) is 13.8. The van der Waals surface area contributed by atoms with E-state index in [1.807, 2.05) is 0 Å². The van der Waals surface area contributed by atoms with Crippen LogP contribution in [-0.2, 0) is 13.0 Å². The summed E-state index contributed by atoms with van der Waals surface area (Å²) in [5.74, 6) is 0. The van der Waals surface area contributed by atoms with Crippen LogP contribution in [0.3, 0.4) is 0 Å². The topological polar surface area (TPSA) is 3.88 Å². The summed E-state index contributed by atoms with van der Waals surface area (Å²) in [5, 5.41) is 0. The van der Waals surface area contributed by atoms with Gasteiger partial charge in [-0.3, -0.25) is 0 Å². The van der Waals surface area contributed by atoms with Crippen LogP contribution in [0.15, 0.2) is 24.5 Å². The average molecular weight is 298 g/mol. The van der Waals surface area contributed by atoms with Gasteiger partial charge in [0.05, 0.1) is 0 Å². The maximum atomic E-state index is 2.37. The molecule has 0 radical (unpaired) electrons. The van der Waals surface area contributed by atoms with Gasteiger partial charge < -0.3 is 12.4 Å². The number of hydrogen-bond acceptors (Lipinski definition) is 0. The van der Waals surface area contributed by atoms with Crippen molar-refractivity contribution in [1.82, 2.24) is 0 Å². The first-order chi connectivity index (χ1) is 9.36. The number of aryl methyl sites for hydroxylation is 2. The van der Waals surface area contributed by atoms with E-state index in [1.165, 1.54) is 76.3 Å². The van der Waals surface area contributed by atoms with Crippen LogP contribution in [0.4, 0.5) is 0 Å². The van der Waals surface area contributed by atoms with Gasteiger partial charge in [-0.25, -0.2) is 4.57 Å². The zero-order valence-corrected chi connectivity index (χ0v) is 14.2. The highest BCUT2D eigenvalue weighted by Gasteiger charge is 2.02. The lowest BCUT2D eigenvalue weighted by Gasteiger charge is -2.01. The predicted octanol–water partition coefficient (Wildman–Crippen LogP) is 2.07. The molecule has 1 heterocycles. The van der Waals surface area contributed by atoms with Gasteiger partial charge >= 0.3 is 0 Å². The summed E-state index contributed by atoms with van der Waals surface area (Å²) in [5.41, 5.74) is 1.49. The number of nitrogens with zero attached hydrogens (tertiary/aromatic N) is 1. The first-order valence-electron chi connectivity index (χ1n) is 8.34. The number of rotatable bonds is 11. The van der Waals surface area contributed by atoms with Crippen molar-refractivity contribution in [2.75, 3.05) is 0 Å². The van der Waals surface area contributed by atoms with E-state index in [1.54, 1.807) is 0 Å². The van der Waals surface area contributed by atoms with Gasteiger partial charge in [0, 0.05) is 18.1 Å². The Labute approximate surface area is 132 Å². The summed E-state index contributed by atoms with van der Waals surface area (Å²) in [6.45, 7) is 5.73. The number of hydrogen-bond donors (Lipinski definition) is 0. The summed E-state index contributed by atoms with van der Waals surface area (Å²) < 4.78 is 2.37. The van der Waals surface area contributed by atoms with E-state index >= 15 is 0 Å². The molecule has 0 aliphatic heterocycles. The Bertz CT molecular complexity index is 325. The molecule has 0 aliphatic rings. The van der Waals surface area contributed by atoms with Crippen molar-refractivity contribution in [3.05, 3.63) is 30.1 Å². The summed E-state index contributed by atoms with van der Waals surface area (Å²) in [7, 11) is 0. The molecule has 0 aromatic carbocycles. The highest BCUT2D eigenvalue weighted by Crippen LogP contribution is 2.07. The van der Waals surface area contributed by atoms with Gasteiger partial charge in [0.2, 0.25) is 0 Å². The lowest BCUT2D eigenvalue weighted by molar-refractivity contribution is -0.697. The molecule has 0 fully saturated rings. The Kier molecular flexibility index (Phi) is 13.0. The largest absolute Gasteiger partial charge is 1.00 e. The maximum absolute atomic E-state index is 2.37. The van der Waals surface area contributed by atoms with Crippen LogP contribution in [0.25, 0.3) is 0 Å². The fraction of sp³-hybridized carbons (Fsp3) is 0.722. The van der Waals surface area contributed by atoms with Crippen molar-refractivity contribution < 1.29 is 17.0 Å². The lowest BCUT2D eigenvalue weighted by atomic mass is 10.1. The van der Waals surface area contributed by atoms with Crippen LogP contribution in [0.2, 0.25) is 0 Å². The van der Waals surface area contributed by atoms with Crippen LogP contribution in [0.5, 0.6) is 0 Å². The molecule has 1 aromatic heterocycles. The second-order valence-corrected chi connectivity index (χ2v) is 5.67. The molecule has 116 valence electrons. The Hall–Kier alpha value is -0.560. The van der Waals surface area contributed by atoms with E-state index in [9.17, 15) is 0 Å². The molecule has 0 bridgehead atoms. The molecule has 1 nitrogen and oxygen atoms in total. The number of halogens is 1. The minimum atomic E-state index is 0. The second kappa shape index (κ2) is 13.4. The van der Waals surface area contributed by atoms with E-state index in [0.29, 0.717) is 0 Å². The third-order valence-corrected chi connectivity index (χ3v) is 3.76. The van der Waals surface area contributed by atoms with E-state index in [0.717, 1.165) is 0 Å². The van der Waals surface area contributed by atoms with E-state index < -0.39 is 0 Å². The van der Waals surface area contributed by atoms with E-state index in [2.05, 4.69) is 42.9 Å². The molecule has 0 spiro atoms. The fourth-order valence-electron chi connectivity index (χ4n) is 2.50. The molecule has 1 aromatic rings. The standard InChI is InChI=1S/C18H32N.ClH/c1-3-5-7-8-9-10-11-15-19-16-12-14-18(17-19)13-6-4-2;/h12,14,16-17H,3-11,13,15H2,1-2H3;1H/q+1;/p-1. The van der Waals surface area contributed by atoms with E-state index in [4.69, 9.17) is 0 Å². The van der Waals surface area contributed by atoms with Gasteiger partial charge in [0.15, 0.2) is 12.4 Å². The van der Waals surface area contributed by atoms with Crippen molar-refractivity contribution in [2.24, 2.45) is 0 Å². The third kappa shape index (κ3) is 9.36. The lowest BCUT2D eigenvalue weighted by Crippen LogP contribution is -3.00. The molecule has 0 saturated heterocycles. The summed E-state index contributed by atoms with van der Waals surface area (Å²) in [4.78, 5) is 0. The van der Waals surface area contributed by atoms with Crippen LogP contribution in [0, 0.1) is 0 Å². The number of pyridine rings is 1. The molecule has 0 saturated carbocycles. The Morgan fingerprint density at radius 1 is 0.850 bits per heavy atom. The van der Waals surface area contributed by atoms with Gasteiger partial charge in [0.25, 0.3) is 0 Å². The van der Waals surface area contributed by atoms with Crippen molar-refractivity contribution in [3.63, 3.8) is 0 Å². The highest BCUT2D eigenvalue weighted by molar-refractivity contribution is 5.05. The molecule has 1 rings (SSSR count). The molecular formula is C18H32ClN. The molecule has 0 N–H and O–H groups in total. The monoisotopic (exact) mass is 297 g/mol. The zero-order valence-electron chi connectivity index (χ0n) is 13.4. The molecule has 0 atom stereocenters. The highest BCUT2D eigenvalue weighted by atomic mass is 35.5. The molecule has 0 aliphatic carbocycles. The minimum Gasteiger partial charge on any atom is -1.00 e. The molecule has 2 heteroatoms. The normalized spacial score (nSPS) is 10.3. The van der Waals surface area contributed by atoms with E-state index in [-0.39, 0.29) is 12.4 Å². The van der Waals surface area contributed by atoms with Crippen molar-refractivity contribution in [1.29, 1.82) is 0 Å². The Balaban J connectivity index is 0.00000361. The van der Waals surface area contributed by atoms with Gasteiger partial charge in [-0.1, -0.05) is 52.4 Å². The SMILES string of the molecule is CCCCCCCCC[n+]1cccc(CCCC)c1.[Cl-]. The van der Waals surface area contributed by atoms with Crippen molar-refractivity contribution >= 4 is 0 Å². The van der Waals surface area contributed by atoms with Gasteiger partial charge in [0.1, 0.15) is 6.54 Å². The summed E-state index contributed by atoms with van der Waals surface area (Å²) in [6.07, 6.45) is 18.1. The first kappa shape index (κ1) is 19.4. The first-order valence-corrected chi connectivity index (χ1v) is 8.34. The van der Waals surface area contributed by atoms with Gasteiger partial charge in [-0.05, 0) is 25.3 Å². The maximum Gasteiger partial charge on any atom is 0.171 e. The van der Waals surface area contributed by atoms with Gasteiger partial charge in [-0.15, -0.1) is 0 Å². The molecular weight excluding hydrogens is 266 g/mol. The summed E-state index contributed by atoms with van der Waals surface area (Å²) in [6, 6.07) is 4.46. The van der Waals surface area contributed by atoms with Crippen molar-refractivity contribution in [3.8, 4) is 0 Å². The quantitative estimate of drug-likeness (QED) is 0.435. The molecule has 20 heavy (non-hydrogen) atoms. The minimum absolute atomic E-state index is 0. The average Bonchev–Trinajstić information content (AvgIpc) is 2.44.